The second-order valence-corrected chi connectivity index (χ2v) is 3.05. The molecule has 0 aliphatic rings. The van der Waals surface area contributed by atoms with Gasteiger partial charge in [-0.1, -0.05) is 0 Å². The zero-order valence-corrected chi connectivity index (χ0v) is 8.59. The number of thiol groups is 1. The summed E-state index contributed by atoms with van der Waals surface area (Å²) in [6, 6.07) is 7.57. The average molecular weight is 198 g/mol. The highest BCUT2D eigenvalue weighted by Crippen LogP contribution is 2.16. The third-order valence-corrected chi connectivity index (χ3v) is 1.95. The molecule has 0 saturated heterocycles. The van der Waals surface area contributed by atoms with Gasteiger partial charge >= 0.3 is 0 Å². The van der Waals surface area contributed by atoms with Crippen LogP contribution in [0, 0.1) is 0 Å². The number of benzene rings is 1. The van der Waals surface area contributed by atoms with Crippen LogP contribution in [0.1, 0.15) is 6.42 Å². The molecule has 0 atom stereocenters. The fourth-order valence-electron chi connectivity index (χ4n) is 0.927. The summed E-state index contributed by atoms with van der Waals surface area (Å²) in [6.45, 7) is 0.718. The second kappa shape index (κ2) is 5.75. The number of rotatable bonds is 5. The quantitative estimate of drug-likeness (QED) is 0.578. The van der Waals surface area contributed by atoms with Crippen molar-refractivity contribution in [1.82, 2.24) is 0 Å². The maximum Gasteiger partial charge on any atom is 0.119 e. The Morgan fingerprint density at radius 2 is 1.77 bits per heavy atom. The van der Waals surface area contributed by atoms with Gasteiger partial charge in [0, 0.05) is 0 Å². The van der Waals surface area contributed by atoms with Gasteiger partial charge in [-0.05, 0) is 36.4 Å². The first-order valence-electron chi connectivity index (χ1n) is 4.24. The number of methoxy groups -OCH3 is 1. The lowest BCUT2D eigenvalue weighted by Gasteiger charge is -2.05. The maximum absolute atomic E-state index is 5.44. The van der Waals surface area contributed by atoms with Crippen molar-refractivity contribution in [2.24, 2.45) is 0 Å². The molecule has 0 unspecified atom stereocenters. The third-order valence-electron chi connectivity index (χ3n) is 1.63. The van der Waals surface area contributed by atoms with Gasteiger partial charge in [0.05, 0.1) is 13.7 Å². The summed E-state index contributed by atoms with van der Waals surface area (Å²) in [5, 5.41) is 0. The van der Waals surface area contributed by atoms with E-state index in [4.69, 9.17) is 9.47 Å². The molecule has 0 N–H and O–H groups in total. The summed E-state index contributed by atoms with van der Waals surface area (Å²) in [5.74, 6) is 2.58. The molecule has 0 aliphatic carbocycles. The van der Waals surface area contributed by atoms with E-state index in [1.165, 1.54) is 0 Å². The van der Waals surface area contributed by atoms with Crippen molar-refractivity contribution >= 4 is 12.6 Å². The van der Waals surface area contributed by atoms with Crippen LogP contribution in [0.15, 0.2) is 24.3 Å². The minimum atomic E-state index is 0.718. The zero-order valence-electron chi connectivity index (χ0n) is 7.69. The summed E-state index contributed by atoms with van der Waals surface area (Å²) < 4.78 is 10.5. The molecule has 0 aliphatic heterocycles. The molecule has 1 aromatic carbocycles. The van der Waals surface area contributed by atoms with Crippen LogP contribution in [0.5, 0.6) is 11.5 Å². The van der Waals surface area contributed by atoms with Crippen LogP contribution in [0.4, 0.5) is 0 Å². The summed E-state index contributed by atoms with van der Waals surface area (Å²) >= 11 is 4.10. The first kappa shape index (κ1) is 10.3. The number of ether oxygens (including phenoxy) is 2. The standard InChI is InChI=1S/C10H14O2S/c1-11-9-3-5-10(6-4-9)12-7-2-8-13/h3-6,13H,2,7-8H2,1H3. The topological polar surface area (TPSA) is 18.5 Å². The van der Waals surface area contributed by atoms with E-state index in [2.05, 4.69) is 12.6 Å². The Hall–Kier alpha value is -0.830. The van der Waals surface area contributed by atoms with Crippen LogP contribution < -0.4 is 9.47 Å². The molecule has 1 aromatic rings. The molecule has 0 fully saturated rings. The van der Waals surface area contributed by atoms with Crippen LogP contribution in [-0.4, -0.2) is 19.5 Å². The van der Waals surface area contributed by atoms with E-state index >= 15 is 0 Å². The van der Waals surface area contributed by atoms with E-state index in [1.54, 1.807) is 7.11 Å². The van der Waals surface area contributed by atoms with Crippen molar-refractivity contribution in [1.29, 1.82) is 0 Å². The van der Waals surface area contributed by atoms with Gasteiger partial charge < -0.3 is 9.47 Å². The lowest BCUT2D eigenvalue weighted by atomic mass is 10.3. The summed E-state index contributed by atoms with van der Waals surface area (Å²) in [6.07, 6.45) is 0.967. The van der Waals surface area contributed by atoms with Gasteiger partial charge in [-0.3, -0.25) is 0 Å². The second-order valence-electron chi connectivity index (χ2n) is 2.60. The van der Waals surface area contributed by atoms with Crippen LogP contribution >= 0.6 is 12.6 Å². The van der Waals surface area contributed by atoms with Crippen molar-refractivity contribution < 1.29 is 9.47 Å². The molecule has 0 aromatic heterocycles. The summed E-state index contributed by atoms with van der Waals surface area (Å²) in [4.78, 5) is 0. The van der Waals surface area contributed by atoms with Crippen molar-refractivity contribution in [3.05, 3.63) is 24.3 Å². The van der Waals surface area contributed by atoms with E-state index in [-0.39, 0.29) is 0 Å². The minimum Gasteiger partial charge on any atom is -0.497 e. The molecule has 0 heterocycles. The number of hydrogen-bond acceptors (Lipinski definition) is 3. The van der Waals surface area contributed by atoms with Crippen molar-refractivity contribution in [3.63, 3.8) is 0 Å². The van der Waals surface area contributed by atoms with Gasteiger partial charge in [-0.15, -0.1) is 0 Å². The highest BCUT2D eigenvalue weighted by molar-refractivity contribution is 7.80. The average Bonchev–Trinajstić information content (AvgIpc) is 2.19. The predicted octanol–water partition coefficient (Wildman–Crippen LogP) is 2.39. The van der Waals surface area contributed by atoms with Crippen molar-refractivity contribution in [2.75, 3.05) is 19.5 Å². The smallest absolute Gasteiger partial charge is 0.119 e. The molecule has 0 amide bonds. The molecule has 72 valence electrons. The highest BCUT2D eigenvalue weighted by Gasteiger charge is 1.93. The Morgan fingerprint density at radius 1 is 1.15 bits per heavy atom. The maximum atomic E-state index is 5.44. The van der Waals surface area contributed by atoms with Gasteiger partial charge in [0.25, 0.3) is 0 Å². The Morgan fingerprint density at radius 3 is 2.31 bits per heavy atom. The monoisotopic (exact) mass is 198 g/mol. The Labute approximate surface area is 84.3 Å². The minimum absolute atomic E-state index is 0.718. The van der Waals surface area contributed by atoms with Crippen molar-refractivity contribution in [2.45, 2.75) is 6.42 Å². The third kappa shape index (κ3) is 3.59. The fraction of sp³-hybridized carbons (Fsp3) is 0.400. The molecule has 2 nitrogen and oxygen atoms in total. The van der Waals surface area contributed by atoms with Gasteiger partial charge in [-0.2, -0.15) is 12.6 Å². The molecule has 0 bridgehead atoms. The number of hydrogen-bond donors (Lipinski definition) is 1. The molecule has 0 spiro atoms. The molecule has 13 heavy (non-hydrogen) atoms. The van der Waals surface area contributed by atoms with E-state index in [1.807, 2.05) is 24.3 Å². The molecular weight excluding hydrogens is 184 g/mol. The van der Waals surface area contributed by atoms with Crippen LogP contribution in [0.25, 0.3) is 0 Å². The van der Waals surface area contributed by atoms with Gasteiger partial charge in [-0.25, -0.2) is 0 Å². The SMILES string of the molecule is COc1ccc(OCCCS)cc1. The largest absolute Gasteiger partial charge is 0.497 e. The van der Waals surface area contributed by atoms with Crippen LogP contribution in [0.2, 0.25) is 0 Å². The summed E-state index contributed by atoms with van der Waals surface area (Å²) in [5.41, 5.74) is 0. The highest BCUT2D eigenvalue weighted by atomic mass is 32.1. The summed E-state index contributed by atoms with van der Waals surface area (Å²) in [7, 11) is 1.65. The van der Waals surface area contributed by atoms with Crippen LogP contribution in [0.3, 0.4) is 0 Å². The first-order chi connectivity index (χ1) is 6.36. The molecule has 1 rings (SSSR count). The van der Waals surface area contributed by atoms with E-state index in [0.29, 0.717) is 0 Å². The molecular formula is C10H14O2S. The predicted molar refractivity (Wildman–Crippen MR) is 57.0 cm³/mol. The van der Waals surface area contributed by atoms with Crippen molar-refractivity contribution in [3.8, 4) is 11.5 Å². The zero-order chi connectivity index (χ0) is 9.52. The van der Waals surface area contributed by atoms with Gasteiger partial charge in [0.15, 0.2) is 0 Å². The van der Waals surface area contributed by atoms with E-state index in [0.717, 1.165) is 30.3 Å². The molecule has 0 saturated carbocycles. The molecule has 3 heteroatoms. The Kier molecular flexibility index (Phi) is 4.54. The lowest BCUT2D eigenvalue weighted by molar-refractivity contribution is 0.318. The first-order valence-corrected chi connectivity index (χ1v) is 4.88. The Bertz CT molecular complexity index is 233. The molecule has 0 radical (unpaired) electrons. The van der Waals surface area contributed by atoms with Gasteiger partial charge in [0.1, 0.15) is 11.5 Å². The lowest BCUT2D eigenvalue weighted by Crippen LogP contribution is -1.97. The normalized spacial score (nSPS) is 9.69. The fourth-order valence-corrected chi connectivity index (χ4v) is 1.06. The van der Waals surface area contributed by atoms with E-state index < -0.39 is 0 Å². The van der Waals surface area contributed by atoms with Gasteiger partial charge in [0.2, 0.25) is 0 Å². The van der Waals surface area contributed by atoms with E-state index in [9.17, 15) is 0 Å². The Balaban J connectivity index is 2.40. The van der Waals surface area contributed by atoms with Crippen LogP contribution in [-0.2, 0) is 0 Å².